The predicted octanol–water partition coefficient (Wildman–Crippen LogP) is 6.61. The molecule has 3 rings (SSSR count). The van der Waals surface area contributed by atoms with Crippen LogP contribution in [0.5, 0.6) is 0 Å². The lowest BCUT2D eigenvalue weighted by molar-refractivity contribution is 0.548. The second kappa shape index (κ2) is 5.77. The van der Waals surface area contributed by atoms with Gasteiger partial charge in [-0.1, -0.05) is 63.4 Å². The van der Waals surface area contributed by atoms with Crippen molar-refractivity contribution in [3.8, 4) is 0 Å². The SMILES string of the molecule is Clc1cc(C(Br)C2CCCc3ccccc32)c(Cl)s1. The number of alkyl halides is 1. The van der Waals surface area contributed by atoms with Crippen LogP contribution in [0.15, 0.2) is 30.3 Å². The van der Waals surface area contributed by atoms with Crippen molar-refractivity contribution in [3.05, 3.63) is 55.7 Å². The first-order valence-electron chi connectivity index (χ1n) is 6.33. The number of rotatable bonds is 2. The summed E-state index contributed by atoms with van der Waals surface area (Å²) in [6.07, 6.45) is 3.61. The van der Waals surface area contributed by atoms with Gasteiger partial charge in [0.2, 0.25) is 0 Å². The minimum Gasteiger partial charge on any atom is -0.111 e. The topological polar surface area (TPSA) is 0 Å². The van der Waals surface area contributed by atoms with Crippen molar-refractivity contribution < 1.29 is 0 Å². The van der Waals surface area contributed by atoms with Gasteiger partial charge in [-0.05, 0) is 42.0 Å². The quantitative estimate of drug-likeness (QED) is 0.518. The molecule has 2 atom stereocenters. The van der Waals surface area contributed by atoms with E-state index in [1.807, 2.05) is 6.07 Å². The largest absolute Gasteiger partial charge is 0.111 e. The third-order valence-corrected chi connectivity index (χ3v) is 6.40. The molecule has 1 aliphatic rings. The first-order valence-corrected chi connectivity index (χ1v) is 8.82. The second-order valence-corrected chi connectivity index (χ2v) is 8.15. The fraction of sp³-hybridized carbons (Fsp3) is 0.333. The van der Waals surface area contributed by atoms with Crippen molar-refractivity contribution in [1.82, 2.24) is 0 Å². The summed E-state index contributed by atoms with van der Waals surface area (Å²) < 4.78 is 1.56. The van der Waals surface area contributed by atoms with Crippen LogP contribution in [0.3, 0.4) is 0 Å². The summed E-state index contributed by atoms with van der Waals surface area (Å²) in [7, 11) is 0. The van der Waals surface area contributed by atoms with Crippen LogP contribution < -0.4 is 0 Å². The van der Waals surface area contributed by atoms with Crippen molar-refractivity contribution in [2.45, 2.75) is 30.0 Å². The van der Waals surface area contributed by atoms with Gasteiger partial charge in [0.05, 0.1) is 8.67 Å². The van der Waals surface area contributed by atoms with Gasteiger partial charge >= 0.3 is 0 Å². The third kappa shape index (κ3) is 2.73. The van der Waals surface area contributed by atoms with Crippen LogP contribution in [0.2, 0.25) is 8.67 Å². The Morgan fingerprint density at radius 1 is 1.26 bits per heavy atom. The van der Waals surface area contributed by atoms with E-state index in [0.717, 1.165) is 14.2 Å². The van der Waals surface area contributed by atoms with Crippen LogP contribution in [0.1, 0.15) is 40.3 Å². The van der Waals surface area contributed by atoms with E-state index < -0.39 is 0 Å². The molecular weight excluding hydrogens is 363 g/mol. The molecule has 0 spiro atoms. The maximum atomic E-state index is 6.29. The molecule has 100 valence electrons. The average molecular weight is 376 g/mol. The highest BCUT2D eigenvalue weighted by Gasteiger charge is 2.29. The Morgan fingerprint density at radius 2 is 2.05 bits per heavy atom. The van der Waals surface area contributed by atoms with Crippen molar-refractivity contribution in [1.29, 1.82) is 0 Å². The first kappa shape index (κ1) is 13.9. The maximum absolute atomic E-state index is 6.29. The van der Waals surface area contributed by atoms with Gasteiger partial charge < -0.3 is 0 Å². The highest BCUT2D eigenvalue weighted by atomic mass is 79.9. The Labute approximate surface area is 135 Å². The Kier molecular flexibility index (Phi) is 4.23. The summed E-state index contributed by atoms with van der Waals surface area (Å²) >= 11 is 17.6. The van der Waals surface area contributed by atoms with Crippen molar-refractivity contribution in [2.24, 2.45) is 0 Å². The Bertz CT molecular complexity index is 594. The highest BCUT2D eigenvalue weighted by Crippen LogP contribution is 2.49. The van der Waals surface area contributed by atoms with Crippen LogP contribution >= 0.6 is 50.5 Å². The number of fused-ring (bicyclic) bond motifs is 1. The monoisotopic (exact) mass is 374 g/mol. The average Bonchev–Trinajstić information content (AvgIpc) is 2.76. The lowest BCUT2D eigenvalue weighted by Crippen LogP contribution is -2.13. The van der Waals surface area contributed by atoms with E-state index >= 15 is 0 Å². The molecule has 0 aliphatic heterocycles. The molecule has 0 bridgehead atoms. The van der Waals surface area contributed by atoms with Crippen LogP contribution in [0.25, 0.3) is 0 Å². The molecule has 1 aliphatic carbocycles. The van der Waals surface area contributed by atoms with E-state index in [9.17, 15) is 0 Å². The van der Waals surface area contributed by atoms with Gasteiger partial charge in [-0.2, -0.15) is 0 Å². The molecule has 0 nitrogen and oxygen atoms in total. The summed E-state index contributed by atoms with van der Waals surface area (Å²) in [5.41, 5.74) is 4.05. The molecule has 1 aromatic heterocycles. The van der Waals surface area contributed by atoms with Crippen LogP contribution in [0, 0.1) is 0 Å². The van der Waals surface area contributed by atoms with Gasteiger partial charge in [0.25, 0.3) is 0 Å². The summed E-state index contributed by atoms with van der Waals surface area (Å²) in [5, 5.41) is 0. The number of hydrogen-bond acceptors (Lipinski definition) is 1. The molecule has 2 unspecified atom stereocenters. The van der Waals surface area contributed by atoms with Gasteiger partial charge in [-0.15, -0.1) is 11.3 Å². The Balaban J connectivity index is 1.97. The molecule has 0 saturated carbocycles. The minimum absolute atomic E-state index is 0.241. The molecule has 0 fully saturated rings. The lowest BCUT2D eigenvalue weighted by atomic mass is 9.80. The fourth-order valence-corrected chi connectivity index (χ4v) is 5.60. The molecule has 4 heteroatoms. The van der Waals surface area contributed by atoms with E-state index in [4.69, 9.17) is 23.2 Å². The van der Waals surface area contributed by atoms with E-state index in [0.29, 0.717) is 5.92 Å². The fourth-order valence-electron chi connectivity index (χ4n) is 2.85. The lowest BCUT2D eigenvalue weighted by Gasteiger charge is -2.29. The van der Waals surface area contributed by atoms with Gasteiger partial charge in [-0.25, -0.2) is 0 Å². The predicted molar refractivity (Wildman–Crippen MR) is 88.1 cm³/mol. The zero-order valence-electron chi connectivity index (χ0n) is 10.2. The van der Waals surface area contributed by atoms with E-state index in [1.54, 1.807) is 0 Å². The van der Waals surface area contributed by atoms with Crippen LogP contribution in [0.4, 0.5) is 0 Å². The smallest absolute Gasteiger partial charge is 0.0987 e. The number of thiophene rings is 1. The number of benzene rings is 1. The minimum atomic E-state index is 0.241. The second-order valence-electron chi connectivity index (χ2n) is 4.88. The summed E-state index contributed by atoms with van der Waals surface area (Å²) in [6, 6.07) is 10.7. The summed E-state index contributed by atoms with van der Waals surface area (Å²) in [4.78, 5) is 0.241. The zero-order chi connectivity index (χ0) is 13.4. The van der Waals surface area contributed by atoms with E-state index in [2.05, 4.69) is 40.2 Å². The summed E-state index contributed by atoms with van der Waals surface area (Å²) in [5.74, 6) is 0.480. The molecule has 0 radical (unpaired) electrons. The number of halogens is 3. The Morgan fingerprint density at radius 3 is 2.79 bits per heavy atom. The molecule has 0 saturated heterocycles. The van der Waals surface area contributed by atoms with Gasteiger partial charge in [0.1, 0.15) is 0 Å². The van der Waals surface area contributed by atoms with Crippen molar-refractivity contribution in [2.75, 3.05) is 0 Å². The summed E-state index contributed by atoms with van der Waals surface area (Å²) in [6.45, 7) is 0. The third-order valence-electron chi connectivity index (χ3n) is 3.75. The van der Waals surface area contributed by atoms with Crippen LogP contribution in [-0.2, 0) is 6.42 Å². The molecule has 1 aromatic carbocycles. The normalized spacial score (nSPS) is 20.1. The van der Waals surface area contributed by atoms with Crippen molar-refractivity contribution >= 4 is 50.5 Å². The molecule has 1 heterocycles. The maximum Gasteiger partial charge on any atom is 0.0987 e. The zero-order valence-corrected chi connectivity index (χ0v) is 14.1. The van der Waals surface area contributed by atoms with Gasteiger partial charge in [0, 0.05) is 10.7 Å². The first-order chi connectivity index (χ1) is 9.16. The standard InChI is InChI=1S/C15H13BrCl2S/c16-14(12-8-13(17)19-15(12)18)11-7-3-5-9-4-1-2-6-10(9)11/h1-2,4,6,8,11,14H,3,5,7H2. The van der Waals surface area contributed by atoms with Crippen LogP contribution in [-0.4, -0.2) is 0 Å². The van der Waals surface area contributed by atoms with E-state index in [-0.39, 0.29) is 4.83 Å². The van der Waals surface area contributed by atoms with Gasteiger partial charge in [0.15, 0.2) is 0 Å². The van der Waals surface area contributed by atoms with Crippen molar-refractivity contribution in [3.63, 3.8) is 0 Å². The number of hydrogen-bond donors (Lipinski definition) is 0. The Hall–Kier alpha value is -0.0200. The molecule has 19 heavy (non-hydrogen) atoms. The molecule has 2 aromatic rings. The molecule has 0 N–H and O–H groups in total. The van der Waals surface area contributed by atoms with Gasteiger partial charge in [-0.3, -0.25) is 0 Å². The highest BCUT2D eigenvalue weighted by molar-refractivity contribution is 9.09. The van der Waals surface area contributed by atoms with E-state index in [1.165, 1.54) is 41.7 Å². The molecular formula is C15H13BrCl2S. The molecule has 0 amide bonds. The number of aryl methyl sites for hydroxylation is 1.